The summed E-state index contributed by atoms with van der Waals surface area (Å²) < 4.78 is 10.7. The molecule has 6 heteroatoms. The maximum atomic E-state index is 13.5. The number of carbonyl (C=O) groups excluding carboxylic acids is 3. The second-order valence-corrected chi connectivity index (χ2v) is 9.08. The Labute approximate surface area is 208 Å². The summed E-state index contributed by atoms with van der Waals surface area (Å²) in [5.74, 6) is 0.104. The summed E-state index contributed by atoms with van der Waals surface area (Å²) in [6.45, 7) is 0. The monoisotopic (exact) mass is 477 g/mol. The fourth-order valence-electron chi connectivity index (χ4n) is 5.29. The fourth-order valence-corrected chi connectivity index (χ4v) is 5.29. The van der Waals surface area contributed by atoms with Crippen molar-refractivity contribution in [3.8, 4) is 11.5 Å². The largest absolute Gasteiger partial charge is 0.497 e. The maximum absolute atomic E-state index is 13.5. The zero-order valence-electron chi connectivity index (χ0n) is 19.7. The molecule has 0 spiro atoms. The number of carbonyl (C=O) groups is 3. The molecule has 0 aromatic heterocycles. The van der Waals surface area contributed by atoms with Gasteiger partial charge in [0, 0.05) is 40.3 Å². The van der Waals surface area contributed by atoms with Crippen LogP contribution in [0, 0.1) is 0 Å². The van der Waals surface area contributed by atoms with Crippen LogP contribution in [0.1, 0.15) is 57.0 Å². The van der Waals surface area contributed by atoms with Crippen LogP contribution in [-0.2, 0) is 4.79 Å². The Morgan fingerprint density at radius 1 is 0.833 bits per heavy atom. The molecule has 0 saturated heterocycles. The summed E-state index contributed by atoms with van der Waals surface area (Å²) in [5.41, 5.74) is 5.72. The van der Waals surface area contributed by atoms with E-state index >= 15 is 0 Å². The minimum atomic E-state index is -0.480. The van der Waals surface area contributed by atoms with Crippen molar-refractivity contribution in [2.75, 3.05) is 7.11 Å². The normalized spacial score (nSPS) is 18.3. The zero-order chi connectivity index (χ0) is 24.8. The molecule has 3 aromatic carbocycles. The van der Waals surface area contributed by atoms with E-state index in [1.807, 2.05) is 36.4 Å². The summed E-state index contributed by atoms with van der Waals surface area (Å²) in [4.78, 5) is 39.2. The quantitative estimate of drug-likeness (QED) is 0.410. The highest BCUT2D eigenvalue weighted by atomic mass is 16.5. The number of dihydropyridines is 1. The Balaban J connectivity index is 1.34. The van der Waals surface area contributed by atoms with Crippen molar-refractivity contribution in [1.29, 1.82) is 0 Å². The molecule has 3 aliphatic rings. The summed E-state index contributed by atoms with van der Waals surface area (Å²) in [7, 11) is 1.56. The number of ether oxygens (including phenoxy) is 2. The fraction of sp³-hybridized carbons (Fsp3) is 0.167. The van der Waals surface area contributed by atoms with E-state index in [0.29, 0.717) is 40.2 Å². The predicted molar refractivity (Wildman–Crippen MR) is 134 cm³/mol. The number of nitrogens with one attached hydrogen (secondary N) is 1. The average molecular weight is 478 g/mol. The second kappa shape index (κ2) is 8.64. The third-order valence-corrected chi connectivity index (χ3v) is 7.01. The second-order valence-electron chi connectivity index (χ2n) is 9.08. The first-order valence-electron chi connectivity index (χ1n) is 11.9. The lowest BCUT2D eigenvalue weighted by molar-refractivity contribution is -0.116. The molecule has 0 amide bonds. The molecule has 1 aliphatic heterocycles. The molecule has 1 unspecified atom stereocenters. The number of methoxy groups -OCH3 is 1. The van der Waals surface area contributed by atoms with E-state index in [1.165, 1.54) is 0 Å². The standard InChI is InChI=1S/C30H23NO5/c1-35-19-13-11-18(12-14-19)30(34)36-20-15-9-17(10-16-20)25-26-23(7-4-8-24(26)32)31-28-21-5-2-3-6-22(21)29(33)27(25)28/h2-3,5-6,9-16,25,31H,4,7-8H2,1H3. The van der Waals surface area contributed by atoms with E-state index in [1.54, 1.807) is 43.5 Å². The average Bonchev–Trinajstić information content (AvgIpc) is 3.20. The van der Waals surface area contributed by atoms with E-state index in [9.17, 15) is 14.4 Å². The molecule has 6 rings (SSSR count). The SMILES string of the molecule is COc1ccc(C(=O)Oc2ccc(C3C4=C(CCCC4=O)NC4=C3C(=O)c3ccccc34)cc2)cc1. The number of rotatable bonds is 4. The van der Waals surface area contributed by atoms with Gasteiger partial charge in [0.15, 0.2) is 11.6 Å². The molecule has 0 fully saturated rings. The first-order chi connectivity index (χ1) is 17.5. The topological polar surface area (TPSA) is 81.7 Å². The van der Waals surface area contributed by atoms with Gasteiger partial charge in [-0.2, -0.15) is 0 Å². The third-order valence-electron chi connectivity index (χ3n) is 7.01. The van der Waals surface area contributed by atoms with Crippen LogP contribution >= 0.6 is 0 Å². The lowest BCUT2D eigenvalue weighted by atomic mass is 9.75. The minimum Gasteiger partial charge on any atom is -0.497 e. The van der Waals surface area contributed by atoms with Crippen LogP contribution in [0.5, 0.6) is 11.5 Å². The van der Waals surface area contributed by atoms with E-state index < -0.39 is 11.9 Å². The highest BCUT2D eigenvalue weighted by Gasteiger charge is 2.43. The molecule has 1 heterocycles. The Morgan fingerprint density at radius 2 is 1.53 bits per heavy atom. The Kier molecular flexibility index (Phi) is 5.29. The van der Waals surface area contributed by atoms with E-state index in [2.05, 4.69) is 5.32 Å². The van der Waals surface area contributed by atoms with Gasteiger partial charge in [0.2, 0.25) is 0 Å². The van der Waals surface area contributed by atoms with Crippen molar-refractivity contribution in [2.45, 2.75) is 25.2 Å². The maximum Gasteiger partial charge on any atom is 0.343 e. The third kappa shape index (κ3) is 3.53. The minimum absolute atomic E-state index is 0.0574. The summed E-state index contributed by atoms with van der Waals surface area (Å²) in [5, 5.41) is 3.44. The lowest BCUT2D eigenvalue weighted by Crippen LogP contribution is -2.31. The Bertz CT molecular complexity index is 1480. The van der Waals surface area contributed by atoms with Crippen molar-refractivity contribution in [2.24, 2.45) is 0 Å². The van der Waals surface area contributed by atoms with Gasteiger partial charge in [-0.05, 0) is 54.8 Å². The number of benzene rings is 3. The smallest absolute Gasteiger partial charge is 0.343 e. The highest BCUT2D eigenvalue weighted by molar-refractivity contribution is 6.23. The van der Waals surface area contributed by atoms with Crippen molar-refractivity contribution in [3.63, 3.8) is 0 Å². The molecular formula is C30H23NO5. The molecule has 2 aliphatic carbocycles. The van der Waals surface area contributed by atoms with Gasteiger partial charge in [-0.15, -0.1) is 0 Å². The highest BCUT2D eigenvalue weighted by Crippen LogP contribution is 2.48. The molecule has 0 radical (unpaired) electrons. The van der Waals surface area contributed by atoms with Gasteiger partial charge in [0.05, 0.1) is 18.4 Å². The van der Waals surface area contributed by atoms with E-state index in [4.69, 9.17) is 9.47 Å². The van der Waals surface area contributed by atoms with Crippen LogP contribution in [0.4, 0.5) is 0 Å². The van der Waals surface area contributed by atoms with Crippen LogP contribution in [0.15, 0.2) is 89.6 Å². The van der Waals surface area contributed by atoms with Crippen molar-refractivity contribution < 1.29 is 23.9 Å². The van der Waals surface area contributed by atoms with Crippen LogP contribution < -0.4 is 14.8 Å². The number of hydrogen-bond acceptors (Lipinski definition) is 6. The predicted octanol–water partition coefficient (Wildman–Crippen LogP) is 5.22. The molecule has 178 valence electrons. The zero-order valence-corrected chi connectivity index (χ0v) is 19.7. The number of fused-ring (bicyclic) bond motifs is 2. The van der Waals surface area contributed by atoms with Gasteiger partial charge in [0.25, 0.3) is 0 Å². The van der Waals surface area contributed by atoms with Crippen LogP contribution in [0.3, 0.4) is 0 Å². The van der Waals surface area contributed by atoms with Gasteiger partial charge in [-0.1, -0.05) is 36.4 Å². The van der Waals surface area contributed by atoms with Crippen LogP contribution in [-0.4, -0.2) is 24.6 Å². The van der Waals surface area contributed by atoms with E-state index in [-0.39, 0.29) is 11.6 Å². The van der Waals surface area contributed by atoms with Gasteiger partial charge in [0.1, 0.15) is 11.5 Å². The summed E-state index contributed by atoms with van der Waals surface area (Å²) >= 11 is 0. The molecule has 0 saturated carbocycles. The molecule has 1 N–H and O–H groups in total. The molecule has 3 aromatic rings. The summed E-state index contributed by atoms with van der Waals surface area (Å²) in [6.07, 6.45) is 2.02. The number of Topliss-reactive ketones (excluding diaryl/α,β-unsaturated/α-hetero) is 2. The number of esters is 1. The number of allylic oxidation sites excluding steroid dienone is 3. The van der Waals surface area contributed by atoms with Crippen LogP contribution in [0.2, 0.25) is 0 Å². The first-order valence-corrected chi connectivity index (χ1v) is 11.9. The number of ketones is 2. The van der Waals surface area contributed by atoms with Gasteiger partial charge in [-0.25, -0.2) is 4.79 Å². The Hall–Kier alpha value is -4.45. The van der Waals surface area contributed by atoms with E-state index in [0.717, 1.165) is 35.4 Å². The van der Waals surface area contributed by atoms with Gasteiger partial charge >= 0.3 is 5.97 Å². The van der Waals surface area contributed by atoms with Crippen molar-refractivity contribution >= 4 is 23.2 Å². The summed E-state index contributed by atoms with van der Waals surface area (Å²) in [6, 6.07) is 21.3. The molecular weight excluding hydrogens is 454 g/mol. The van der Waals surface area contributed by atoms with Gasteiger partial charge < -0.3 is 14.8 Å². The molecule has 1 atom stereocenters. The molecule has 0 bridgehead atoms. The molecule has 36 heavy (non-hydrogen) atoms. The Morgan fingerprint density at radius 3 is 2.25 bits per heavy atom. The van der Waals surface area contributed by atoms with Crippen LogP contribution in [0.25, 0.3) is 5.70 Å². The van der Waals surface area contributed by atoms with Crippen molar-refractivity contribution in [1.82, 2.24) is 5.32 Å². The van der Waals surface area contributed by atoms with Gasteiger partial charge in [-0.3, -0.25) is 9.59 Å². The first kappa shape index (κ1) is 22.0. The van der Waals surface area contributed by atoms with Crippen molar-refractivity contribution in [3.05, 3.63) is 112 Å². The number of hydrogen-bond donors (Lipinski definition) is 1. The lowest BCUT2D eigenvalue weighted by Gasteiger charge is -2.33. The molecule has 6 nitrogen and oxygen atoms in total.